The van der Waals surface area contributed by atoms with E-state index in [0.29, 0.717) is 23.5 Å². The molecule has 0 spiro atoms. The third-order valence-electron chi connectivity index (χ3n) is 5.50. The number of amides is 1. The second-order valence-corrected chi connectivity index (χ2v) is 7.51. The van der Waals surface area contributed by atoms with Crippen molar-refractivity contribution in [3.8, 4) is 0 Å². The lowest BCUT2D eigenvalue weighted by molar-refractivity contribution is -0.185. The molecule has 2 saturated heterocycles. The number of carbonyl (C=O) groups is 1. The van der Waals surface area contributed by atoms with Gasteiger partial charge in [-0.05, 0) is 20.0 Å². The number of nitrogens with zero attached hydrogens (tertiary/aromatic N) is 4. The van der Waals surface area contributed by atoms with Gasteiger partial charge < -0.3 is 40.6 Å². The molecule has 0 aromatic carbocycles. The van der Waals surface area contributed by atoms with Crippen molar-refractivity contribution in [3.05, 3.63) is 12.7 Å². The van der Waals surface area contributed by atoms with E-state index in [1.807, 2.05) is 11.9 Å². The minimum atomic E-state index is -1.37. The Hall–Kier alpha value is -2.38. The molecule has 6 atom stereocenters. The first-order valence-electron chi connectivity index (χ1n) is 9.50. The molecule has 158 valence electrons. The number of likely N-dealkylation sites (tertiary alicyclic amines) is 1. The predicted octanol–water partition coefficient (Wildman–Crippen LogP) is -2.36. The smallest absolute Gasteiger partial charge is 0.224 e. The Morgan fingerprint density at radius 3 is 2.90 bits per heavy atom. The summed E-state index contributed by atoms with van der Waals surface area (Å²) in [6, 6.07) is -0.941. The van der Waals surface area contributed by atoms with Crippen LogP contribution in [-0.2, 0) is 9.53 Å². The second kappa shape index (κ2) is 8.16. The Bertz CT molecular complexity index is 862. The lowest BCUT2D eigenvalue weighted by Gasteiger charge is -2.43. The maximum absolute atomic E-state index is 12.6. The summed E-state index contributed by atoms with van der Waals surface area (Å²) in [6.07, 6.45) is -1.20. The molecular formula is C17H25N7O5. The standard InChI is InChI=1S/C17H25N7O5/c1-24-3-2-8(4-24)16(28)22-10-9(5-25)29-17(13(27)12(10)26)23-15-11-14(19-6-18-11)20-7-21-15/h6-10,12-13,17,25-27H,2-5H2,1H3,(H,22,28)(H2,18,19,20,21,23)/t8-,9-,10-,12+,13-,17-/m0/s1. The number of fused-ring (bicyclic) bond motifs is 1. The van der Waals surface area contributed by atoms with Crippen LogP contribution in [0.15, 0.2) is 12.7 Å². The van der Waals surface area contributed by atoms with Gasteiger partial charge in [-0.3, -0.25) is 4.79 Å². The van der Waals surface area contributed by atoms with Gasteiger partial charge in [0, 0.05) is 6.54 Å². The van der Waals surface area contributed by atoms with Gasteiger partial charge in [-0.25, -0.2) is 15.0 Å². The minimum absolute atomic E-state index is 0.200. The van der Waals surface area contributed by atoms with Gasteiger partial charge >= 0.3 is 0 Å². The molecule has 6 N–H and O–H groups in total. The Labute approximate surface area is 166 Å². The number of rotatable bonds is 5. The van der Waals surface area contributed by atoms with Crippen LogP contribution in [0.1, 0.15) is 6.42 Å². The van der Waals surface area contributed by atoms with E-state index in [4.69, 9.17) is 4.74 Å². The second-order valence-electron chi connectivity index (χ2n) is 7.51. The Balaban J connectivity index is 1.47. The van der Waals surface area contributed by atoms with Crippen LogP contribution in [0.5, 0.6) is 0 Å². The first-order valence-corrected chi connectivity index (χ1v) is 9.50. The van der Waals surface area contributed by atoms with Crippen molar-refractivity contribution in [2.75, 3.05) is 32.1 Å². The molecule has 2 aliphatic heterocycles. The third-order valence-corrected chi connectivity index (χ3v) is 5.50. The zero-order chi connectivity index (χ0) is 20.5. The molecule has 4 rings (SSSR count). The zero-order valence-electron chi connectivity index (χ0n) is 15.9. The Kier molecular flexibility index (Phi) is 5.61. The quantitative estimate of drug-likeness (QED) is 0.315. The number of hydrogen-bond donors (Lipinski definition) is 6. The molecule has 4 heterocycles. The van der Waals surface area contributed by atoms with E-state index < -0.39 is 37.2 Å². The summed E-state index contributed by atoms with van der Waals surface area (Å²) in [5.41, 5.74) is 0.942. The number of H-pyrrole nitrogens is 1. The molecule has 2 fully saturated rings. The molecule has 2 aliphatic rings. The maximum atomic E-state index is 12.6. The van der Waals surface area contributed by atoms with Crippen LogP contribution in [0.25, 0.3) is 11.2 Å². The molecule has 12 nitrogen and oxygen atoms in total. The minimum Gasteiger partial charge on any atom is -0.394 e. The van der Waals surface area contributed by atoms with E-state index in [9.17, 15) is 20.1 Å². The van der Waals surface area contributed by atoms with Crippen LogP contribution < -0.4 is 10.6 Å². The molecule has 0 saturated carbocycles. The number of ether oxygens (including phenoxy) is 1. The molecular weight excluding hydrogens is 382 g/mol. The monoisotopic (exact) mass is 407 g/mol. The summed E-state index contributed by atoms with van der Waals surface area (Å²) < 4.78 is 5.75. The van der Waals surface area contributed by atoms with E-state index in [-0.39, 0.29) is 11.8 Å². The molecule has 2 aromatic heterocycles. The van der Waals surface area contributed by atoms with E-state index in [1.54, 1.807) is 0 Å². The number of nitrogens with one attached hydrogen (secondary N) is 3. The van der Waals surface area contributed by atoms with Gasteiger partial charge in [0.15, 0.2) is 17.7 Å². The van der Waals surface area contributed by atoms with Gasteiger partial charge in [0.1, 0.15) is 30.2 Å². The Morgan fingerprint density at radius 1 is 1.34 bits per heavy atom. The molecule has 2 aromatic rings. The van der Waals surface area contributed by atoms with Crippen LogP contribution in [0.3, 0.4) is 0 Å². The summed E-state index contributed by atoms with van der Waals surface area (Å²) in [5.74, 6) is -0.0971. The van der Waals surface area contributed by atoms with Crippen molar-refractivity contribution in [1.82, 2.24) is 30.2 Å². The lowest BCUT2D eigenvalue weighted by atomic mass is 9.94. The average Bonchev–Trinajstić information content (AvgIpc) is 3.37. The average molecular weight is 407 g/mol. The topological polar surface area (TPSA) is 169 Å². The SMILES string of the molecule is CN1CC[C@H](C(=O)N[C@@H]2[C@@H](O)[C@H](O)[C@@H](Nc3ncnc4nc[nH]c34)O[C@H]2CO)C1. The van der Waals surface area contributed by atoms with Crippen molar-refractivity contribution in [2.24, 2.45) is 5.92 Å². The van der Waals surface area contributed by atoms with Crippen molar-refractivity contribution in [1.29, 1.82) is 0 Å². The molecule has 0 bridgehead atoms. The van der Waals surface area contributed by atoms with Gasteiger partial charge in [0.2, 0.25) is 5.91 Å². The van der Waals surface area contributed by atoms with Crippen LogP contribution >= 0.6 is 0 Å². The van der Waals surface area contributed by atoms with Crippen molar-refractivity contribution >= 4 is 22.9 Å². The van der Waals surface area contributed by atoms with Crippen molar-refractivity contribution in [3.63, 3.8) is 0 Å². The van der Waals surface area contributed by atoms with Gasteiger partial charge in [-0.2, -0.15) is 0 Å². The van der Waals surface area contributed by atoms with Gasteiger partial charge in [0.05, 0.1) is 24.9 Å². The Morgan fingerprint density at radius 2 is 2.17 bits per heavy atom. The van der Waals surface area contributed by atoms with Gasteiger partial charge in [-0.1, -0.05) is 0 Å². The number of carbonyl (C=O) groups excluding carboxylic acids is 1. The number of aliphatic hydroxyl groups is 3. The van der Waals surface area contributed by atoms with Crippen molar-refractivity contribution in [2.45, 2.75) is 37.0 Å². The van der Waals surface area contributed by atoms with Crippen molar-refractivity contribution < 1.29 is 24.9 Å². The fourth-order valence-electron chi connectivity index (χ4n) is 3.86. The maximum Gasteiger partial charge on any atom is 0.224 e. The number of aromatic nitrogens is 4. The summed E-state index contributed by atoms with van der Waals surface area (Å²) in [5, 5.41) is 36.6. The molecule has 0 radical (unpaired) electrons. The highest BCUT2D eigenvalue weighted by molar-refractivity contribution is 5.82. The number of imidazole rings is 1. The van der Waals surface area contributed by atoms with E-state index in [2.05, 4.69) is 30.6 Å². The van der Waals surface area contributed by atoms with Crippen LogP contribution in [0, 0.1) is 5.92 Å². The normalized spacial score (nSPS) is 33.1. The summed E-state index contributed by atoms with van der Waals surface area (Å²) in [6.45, 7) is 1.00. The third kappa shape index (κ3) is 3.89. The fourth-order valence-corrected chi connectivity index (χ4v) is 3.86. The summed E-state index contributed by atoms with van der Waals surface area (Å²) >= 11 is 0. The lowest BCUT2D eigenvalue weighted by Crippen LogP contribution is -2.66. The molecule has 29 heavy (non-hydrogen) atoms. The summed E-state index contributed by atoms with van der Waals surface area (Å²) in [4.78, 5) is 29.6. The van der Waals surface area contributed by atoms with Crippen LogP contribution in [0.4, 0.5) is 5.82 Å². The predicted molar refractivity (Wildman–Crippen MR) is 101 cm³/mol. The highest BCUT2D eigenvalue weighted by Crippen LogP contribution is 2.25. The highest BCUT2D eigenvalue weighted by Gasteiger charge is 2.46. The first kappa shape index (κ1) is 19.9. The number of anilines is 1. The number of aliphatic hydroxyl groups excluding tert-OH is 3. The summed E-state index contributed by atoms with van der Waals surface area (Å²) in [7, 11) is 1.94. The molecule has 0 unspecified atom stereocenters. The van der Waals surface area contributed by atoms with Crippen LogP contribution in [-0.4, -0.2) is 103 Å². The molecule has 0 aliphatic carbocycles. The van der Waals surface area contributed by atoms with E-state index in [1.165, 1.54) is 12.7 Å². The van der Waals surface area contributed by atoms with Crippen LogP contribution in [0.2, 0.25) is 0 Å². The van der Waals surface area contributed by atoms with E-state index in [0.717, 1.165) is 13.0 Å². The first-order chi connectivity index (χ1) is 14.0. The number of hydrogen-bond acceptors (Lipinski definition) is 10. The number of aromatic amines is 1. The molecule has 1 amide bonds. The largest absolute Gasteiger partial charge is 0.394 e. The van der Waals surface area contributed by atoms with E-state index >= 15 is 0 Å². The van der Waals surface area contributed by atoms with Gasteiger partial charge in [0.25, 0.3) is 0 Å². The van der Waals surface area contributed by atoms with Gasteiger partial charge in [-0.15, -0.1) is 0 Å². The zero-order valence-corrected chi connectivity index (χ0v) is 15.9. The fraction of sp³-hybridized carbons (Fsp3) is 0.647. The molecule has 12 heteroatoms. The highest BCUT2D eigenvalue weighted by atomic mass is 16.5.